The van der Waals surface area contributed by atoms with Gasteiger partial charge in [0, 0.05) is 50.0 Å². The fourth-order valence-electron chi connectivity index (χ4n) is 5.70. The molecule has 1 aromatic heterocycles. The second kappa shape index (κ2) is 13.4. The van der Waals surface area contributed by atoms with Crippen LogP contribution in [0.4, 0.5) is 0 Å². The van der Waals surface area contributed by atoms with E-state index in [0.717, 1.165) is 29.7 Å². The maximum Gasteiger partial charge on any atom is 1.00 e. The Morgan fingerprint density at radius 2 is 1.67 bits per heavy atom. The molecule has 3 aromatic rings. The van der Waals surface area contributed by atoms with Gasteiger partial charge >= 0.3 is 51.4 Å². The molecule has 3 heterocycles. The summed E-state index contributed by atoms with van der Waals surface area (Å²) in [5.74, 6) is 0.00495. The van der Waals surface area contributed by atoms with Crippen molar-refractivity contribution >= 4 is 17.7 Å². The summed E-state index contributed by atoms with van der Waals surface area (Å²) in [6, 6.07) is 17.8. The van der Waals surface area contributed by atoms with Gasteiger partial charge < -0.3 is 23.9 Å². The van der Waals surface area contributed by atoms with E-state index in [1.165, 1.54) is 16.5 Å². The van der Waals surface area contributed by atoms with Gasteiger partial charge in [-0.1, -0.05) is 69.2 Å². The van der Waals surface area contributed by atoms with E-state index in [9.17, 15) is 14.7 Å². The smallest absolute Gasteiger partial charge is 0.502 e. The summed E-state index contributed by atoms with van der Waals surface area (Å²) in [4.78, 5) is 29.1. The van der Waals surface area contributed by atoms with Crippen LogP contribution in [0.5, 0.6) is 5.75 Å². The molecule has 6 nitrogen and oxygen atoms in total. The van der Waals surface area contributed by atoms with Crippen molar-refractivity contribution in [3.05, 3.63) is 107 Å². The number of rotatable bonds is 2. The summed E-state index contributed by atoms with van der Waals surface area (Å²) in [6.07, 6.45) is 3.90. The number of pyridine rings is 1. The monoisotopic (exact) mass is 738 g/mol. The number of hydrogen-bond donors (Lipinski definition) is 1. The second-order valence-electron chi connectivity index (χ2n) is 9.90. The third-order valence-corrected chi connectivity index (χ3v) is 8.59. The molecule has 2 aromatic carbocycles. The van der Waals surface area contributed by atoms with Gasteiger partial charge in [0.05, 0.1) is 6.04 Å². The number of thioether (sulfide) groups is 1. The number of carbonyl (C=O) groups excluding carboxylic acids is 1. The van der Waals surface area contributed by atoms with E-state index in [1.807, 2.05) is 32.0 Å². The van der Waals surface area contributed by atoms with E-state index in [1.54, 1.807) is 27.5 Å². The molecule has 0 spiro atoms. The first-order valence-electron chi connectivity index (χ1n) is 12.9. The largest absolute Gasteiger partial charge is 1.00 e. The Bertz CT molecular complexity index is 1350. The van der Waals surface area contributed by atoms with Gasteiger partial charge in [-0.2, -0.15) is 0 Å². The first kappa shape index (κ1) is 32.6. The molecular weight excluding hydrogens is 705 g/mol. The minimum Gasteiger partial charge on any atom is -0.502 e. The van der Waals surface area contributed by atoms with E-state index in [4.69, 9.17) is 0 Å². The quantitative estimate of drug-likeness (QED) is 0.324. The van der Waals surface area contributed by atoms with Gasteiger partial charge in [0.15, 0.2) is 11.4 Å². The van der Waals surface area contributed by atoms with Crippen molar-refractivity contribution in [1.29, 1.82) is 0 Å². The van der Waals surface area contributed by atoms with Crippen molar-refractivity contribution in [2.75, 3.05) is 11.7 Å². The van der Waals surface area contributed by atoms with E-state index in [2.05, 4.69) is 49.2 Å². The van der Waals surface area contributed by atoms with Gasteiger partial charge in [0.2, 0.25) is 5.43 Å². The standard InChI is InChI=1S/C28H27N3O3S.C2H6.K.W/c1-28(2)13-11-19(15-28)29-17-31(30-14-12-22(32)26(33)25(30)27(29)34)24-20-8-4-3-7-18(20)16-35-23-10-6-5-9-21(23)24;1-2;;/h3-10,12,14,19,24,33H,1-2,11,13,15-17H2;1-2H3;;/q-2;;+1;/t19-,24-;;;/m0.../s1. The minimum atomic E-state index is -0.557. The number of aromatic hydroxyl groups is 1. The van der Waals surface area contributed by atoms with Crippen LogP contribution >= 0.6 is 11.8 Å². The molecule has 6 rings (SSSR count). The van der Waals surface area contributed by atoms with Gasteiger partial charge in [-0.25, -0.2) is 0 Å². The molecule has 1 saturated carbocycles. The van der Waals surface area contributed by atoms with Crippen molar-refractivity contribution in [2.24, 2.45) is 5.41 Å². The molecular formula is C30H33KN3O3SW-. The molecule has 1 amide bonds. The Balaban J connectivity index is 0.00000103. The normalized spacial score (nSPS) is 20.7. The molecule has 1 aliphatic carbocycles. The van der Waals surface area contributed by atoms with Crippen LogP contribution in [-0.4, -0.2) is 33.3 Å². The third kappa shape index (κ3) is 6.18. The van der Waals surface area contributed by atoms with Gasteiger partial charge in [-0.05, 0) is 29.2 Å². The number of benzene rings is 2. The van der Waals surface area contributed by atoms with Crippen molar-refractivity contribution in [3.8, 4) is 5.75 Å². The average molecular weight is 739 g/mol. The van der Waals surface area contributed by atoms with Crippen LogP contribution in [0, 0.1) is 19.3 Å². The van der Waals surface area contributed by atoms with Crippen molar-refractivity contribution < 1.29 is 82.4 Å². The number of carbonyl (C=O) groups is 1. The van der Waals surface area contributed by atoms with Crippen LogP contribution in [0.3, 0.4) is 0 Å². The van der Waals surface area contributed by atoms with Crippen LogP contribution in [0.15, 0.2) is 70.5 Å². The number of amides is 1. The molecule has 1 N–H and O–H groups in total. The van der Waals surface area contributed by atoms with E-state index in [-0.39, 0.29) is 102 Å². The van der Waals surface area contributed by atoms with E-state index < -0.39 is 11.2 Å². The number of hydrogen-bond acceptors (Lipinski definition) is 5. The fourth-order valence-corrected chi connectivity index (χ4v) is 6.79. The SMILES string of the molecule is CC.[CH2-]C1([CH2-])CC[C@H](N2CN([C@H]3c4ccccc4CSc4ccccc43)n3ccc(=O)c(O)c3C2=O)C1.[K+].[W]. The molecule has 0 saturated heterocycles. The predicted molar refractivity (Wildman–Crippen MR) is 148 cm³/mol. The zero-order valence-corrected chi connectivity index (χ0v) is 29.7. The molecule has 1 fully saturated rings. The van der Waals surface area contributed by atoms with Crippen LogP contribution in [0.1, 0.15) is 66.3 Å². The maximum atomic E-state index is 13.7. The summed E-state index contributed by atoms with van der Waals surface area (Å²) < 4.78 is 1.68. The molecule has 3 aliphatic rings. The first-order chi connectivity index (χ1) is 17.8. The van der Waals surface area contributed by atoms with E-state index in [0.29, 0.717) is 13.1 Å². The van der Waals surface area contributed by atoms with Crippen LogP contribution in [0.2, 0.25) is 0 Å². The summed E-state index contributed by atoms with van der Waals surface area (Å²) in [6.45, 7) is 12.8. The van der Waals surface area contributed by atoms with E-state index >= 15 is 0 Å². The van der Waals surface area contributed by atoms with Gasteiger partial charge in [-0.15, -0.1) is 11.8 Å². The van der Waals surface area contributed by atoms with Gasteiger partial charge in [-0.3, -0.25) is 24.7 Å². The molecule has 2 aliphatic heterocycles. The predicted octanol–water partition coefficient (Wildman–Crippen LogP) is 2.54. The number of aromatic nitrogens is 1. The zero-order chi connectivity index (χ0) is 26.3. The maximum absolute atomic E-state index is 13.7. The zero-order valence-electron chi connectivity index (χ0n) is 22.8. The van der Waals surface area contributed by atoms with Crippen LogP contribution in [-0.2, 0) is 26.8 Å². The molecule has 200 valence electrons. The van der Waals surface area contributed by atoms with Gasteiger partial charge in [0.25, 0.3) is 5.91 Å². The number of fused-ring (bicyclic) bond motifs is 3. The summed E-state index contributed by atoms with van der Waals surface area (Å²) in [5, 5.41) is 12.9. The molecule has 0 radical (unpaired) electrons. The Hall–Kier alpha value is -0.865. The Labute approximate surface area is 292 Å². The summed E-state index contributed by atoms with van der Waals surface area (Å²) >= 11 is 1.80. The Kier molecular flexibility index (Phi) is 11.2. The van der Waals surface area contributed by atoms with Crippen molar-refractivity contribution in [3.63, 3.8) is 0 Å². The molecule has 2 atom stereocenters. The minimum absolute atomic E-state index is 0. The van der Waals surface area contributed by atoms with Crippen LogP contribution in [0.25, 0.3) is 0 Å². The third-order valence-electron chi connectivity index (χ3n) is 7.45. The summed E-state index contributed by atoms with van der Waals surface area (Å²) in [7, 11) is 0. The molecule has 39 heavy (non-hydrogen) atoms. The van der Waals surface area contributed by atoms with Crippen molar-refractivity contribution in [2.45, 2.75) is 55.8 Å². The Morgan fingerprint density at radius 3 is 2.36 bits per heavy atom. The van der Waals surface area contributed by atoms with Crippen LogP contribution < -0.4 is 61.8 Å². The molecule has 0 bridgehead atoms. The summed E-state index contributed by atoms with van der Waals surface area (Å²) in [5.41, 5.74) is 2.63. The average Bonchev–Trinajstić information content (AvgIpc) is 3.18. The second-order valence-corrected chi connectivity index (χ2v) is 10.9. The number of nitrogens with zero attached hydrogens (tertiary/aromatic N) is 3. The van der Waals surface area contributed by atoms with Gasteiger partial charge in [0.1, 0.15) is 6.67 Å². The molecule has 9 heteroatoms. The topological polar surface area (TPSA) is 65.8 Å². The first-order valence-corrected chi connectivity index (χ1v) is 13.9. The molecule has 0 unspecified atom stereocenters. The fraction of sp³-hybridized carbons (Fsp3) is 0.333. The van der Waals surface area contributed by atoms with Crippen molar-refractivity contribution in [1.82, 2.24) is 9.58 Å². The Morgan fingerprint density at radius 1 is 1.00 bits per heavy atom.